The summed E-state index contributed by atoms with van der Waals surface area (Å²) < 4.78 is 28.9. The Morgan fingerprint density at radius 3 is 2.22 bits per heavy atom. The molecule has 3 aromatic carbocycles. The van der Waals surface area contributed by atoms with Crippen molar-refractivity contribution in [3.63, 3.8) is 0 Å². The van der Waals surface area contributed by atoms with Crippen LogP contribution < -0.4 is 0 Å². The van der Waals surface area contributed by atoms with Crippen molar-refractivity contribution < 1.29 is 8.78 Å². The maximum atomic E-state index is 13.4. The van der Waals surface area contributed by atoms with E-state index < -0.39 is 0 Å². The van der Waals surface area contributed by atoms with Crippen LogP contribution in [0.25, 0.3) is 11.0 Å². The molecule has 1 atom stereocenters. The molecule has 1 aliphatic heterocycles. The van der Waals surface area contributed by atoms with Crippen LogP contribution in [0.2, 0.25) is 0 Å². The van der Waals surface area contributed by atoms with Crippen LogP contribution in [0.15, 0.2) is 77.8 Å². The van der Waals surface area contributed by atoms with Gasteiger partial charge in [-0.25, -0.2) is 18.8 Å². The first kappa shape index (κ1) is 15.9. The molecule has 5 heteroatoms. The van der Waals surface area contributed by atoms with Gasteiger partial charge >= 0.3 is 0 Å². The van der Waals surface area contributed by atoms with Crippen molar-refractivity contribution in [3.8, 4) is 0 Å². The normalized spacial score (nSPS) is 16.2. The van der Waals surface area contributed by atoms with Gasteiger partial charge in [0.2, 0.25) is 5.95 Å². The van der Waals surface area contributed by atoms with Gasteiger partial charge in [0.1, 0.15) is 11.6 Å². The van der Waals surface area contributed by atoms with Crippen LogP contribution in [0.1, 0.15) is 23.6 Å². The summed E-state index contributed by atoms with van der Waals surface area (Å²) in [6, 6.07) is 20.7. The van der Waals surface area contributed by atoms with Gasteiger partial charge in [-0.2, -0.15) is 0 Å². The Kier molecular flexibility index (Phi) is 3.60. The molecule has 5 rings (SSSR count). The molecule has 132 valence electrons. The lowest BCUT2D eigenvalue weighted by Crippen LogP contribution is -2.20. The van der Waals surface area contributed by atoms with Gasteiger partial charge in [-0.05, 0) is 47.5 Å². The first-order valence-corrected chi connectivity index (χ1v) is 8.75. The summed E-state index contributed by atoms with van der Waals surface area (Å²) in [5.74, 6) is 0.0614. The van der Waals surface area contributed by atoms with Crippen LogP contribution >= 0.6 is 0 Å². The van der Waals surface area contributed by atoms with E-state index in [-0.39, 0.29) is 17.7 Å². The van der Waals surface area contributed by atoms with Gasteiger partial charge in [-0.15, -0.1) is 0 Å². The minimum atomic E-state index is -0.280. The molecule has 0 N–H and O–H groups in total. The van der Waals surface area contributed by atoms with Gasteiger partial charge in [0.25, 0.3) is 0 Å². The summed E-state index contributed by atoms with van der Waals surface area (Å²) in [5, 5.41) is 0. The summed E-state index contributed by atoms with van der Waals surface area (Å²) in [6.45, 7) is 0. The Labute approximate surface area is 154 Å². The van der Waals surface area contributed by atoms with Crippen molar-refractivity contribution in [1.82, 2.24) is 9.55 Å². The molecular weight excluding hydrogens is 344 g/mol. The zero-order chi connectivity index (χ0) is 18.4. The first-order valence-electron chi connectivity index (χ1n) is 8.75. The van der Waals surface area contributed by atoms with Crippen molar-refractivity contribution in [3.05, 3.63) is 95.6 Å². The molecule has 0 amide bonds. The molecule has 1 unspecified atom stereocenters. The summed E-state index contributed by atoms with van der Waals surface area (Å²) >= 11 is 0. The van der Waals surface area contributed by atoms with Gasteiger partial charge < -0.3 is 4.57 Å². The Balaban J connectivity index is 1.71. The standard InChI is InChI=1S/C22H15F2N3/c23-16-9-5-14(6-10-16)19-13-21(15-7-11-17(24)12-8-15)27-20-4-2-1-3-18(20)25-22(27)26-19/h1-12,21H,13H2. The minimum Gasteiger partial charge on any atom is -0.300 e. The fraction of sp³-hybridized carbons (Fsp3) is 0.0909. The van der Waals surface area contributed by atoms with E-state index in [2.05, 4.69) is 9.55 Å². The van der Waals surface area contributed by atoms with Gasteiger partial charge in [-0.1, -0.05) is 36.4 Å². The Morgan fingerprint density at radius 1 is 0.815 bits per heavy atom. The van der Waals surface area contributed by atoms with E-state index in [9.17, 15) is 8.78 Å². The zero-order valence-corrected chi connectivity index (χ0v) is 14.3. The highest BCUT2D eigenvalue weighted by atomic mass is 19.1. The number of fused-ring (bicyclic) bond motifs is 3. The lowest BCUT2D eigenvalue weighted by atomic mass is 9.95. The second-order valence-corrected chi connectivity index (χ2v) is 6.61. The summed E-state index contributed by atoms with van der Waals surface area (Å²) in [7, 11) is 0. The third-order valence-electron chi connectivity index (χ3n) is 4.94. The van der Waals surface area contributed by atoms with E-state index >= 15 is 0 Å². The smallest absolute Gasteiger partial charge is 0.231 e. The topological polar surface area (TPSA) is 30.2 Å². The van der Waals surface area contributed by atoms with Crippen molar-refractivity contribution >= 4 is 22.7 Å². The largest absolute Gasteiger partial charge is 0.300 e. The van der Waals surface area contributed by atoms with E-state index in [1.54, 1.807) is 24.3 Å². The van der Waals surface area contributed by atoms with Crippen LogP contribution in [-0.2, 0) is 0 Å². The molecule has 27 heavy (non-hydrogen) atoms. The van der Waals surface area contributed by atoms with Gasteiger partial charge in [0, 0.05) is 6.42 Å². The van der Waals surface area contributed by atoms with Crippen LogP contribution in [-0.4, -0.2) is 15.3 Å². The molecular formula is C22H15F2N3. The van der Waals surface area contributed by atoms with Gasteiger partial charge in [-0.3, -0.25) is 0 Å². The first-order chi connectivity index (χ1) is 13.2. The van der Waals surface area contributed by atoms with Gasteiger partial charge in [0.15, 0.2) is 0 Å². The molecule has 0 saturated heterocycles. The number of imidazole rings is 1. The average molecular weight is 359 g/mol. The molecule has 1 aliphatic rings. The molecule has 0 radical (unpaired) electrons. The molecule has 4 aromatic rings. The molecule has 0 fully saturated rings. The lowest BCUT2D eigenvalue weighted by molar-refractivity contribution is 0.601. The van der Waals surface area contributed by atoms with Gasteiger partial charge in [0.05, 0.1) is 22.8 Å². The van der Waals surface area contributed by atoms with E-state index in [1.807, 2.05) is 24.3 Å². The van der Waals surface area contributed by atoms with Crippen LogP contribution in [0.3, 0.4) is 0 Å². The summed E-state index contributed by atoms with van der Waals surface area (Å²) in [5.41, 5.74) is 4.54. The SMILES string of the molecule is Fc1ccc(C2=Nc3nc4ccccc4n3C(c3ccc(F)cc3)C2)cc1. The maximum absolute atomic E-state index is 13.4. The number of hydrogen-bond donors (Lipinski definition) is 0. The van der Waals surface area contributed by atoms with Crippen LogP contribution in [0.5, 0.6) is 0 Å². The monoisotopic (exact) mass is 359 g/mol. The van der Waals surface area contributed by atoms with Crippen molar-refractivity contribution in [1.29, 1.82) is 0 Å². The fourth-order valence-electron chi connectivity index (χ4n) is 3.64. The van der Waals surface area contributed by atoms with Crippen LogP contribution in [0, 0.1) is 11.6 Å². The number of benzene rings is 3. The number of aliphatic imine (C=N–C) groups is 1. The second-order valence-electron chi connectivity index (χ2n) is 6.61. The lowest BCUT2D eigenvalue weighted by Gasteiger charge is -2.26. The predicted molar refractivity (Wildman–Crippen MR) is 101 cm³/mol. The molecule has 0 bridgehead atoms. The second kappa shape index (κ2) is 6.13. The fourth-order valence-corrected chi connectivity index (χ4v) is 3.64. The minimum absolute atomic E-state index is 0.0643. The number of aromatic nitrogens is 2. The van der Waals surface area contributed by atoms with E-state index in [4.69, 9.17) is 4.99 Å². The number of rotatable bonds is 2. The number of nitrogens with zero attached hydrogens (tertiary/aromatic N) is 3. The van der Waals surface area contributed by atoms with Crippen LogP contribution in [0.4, 0.5) is 14.7 Å². The highest BCUT2D eigenvalue weighted by molar-refractivity contribution is 6.03. The molecule has 3 nitrogen and oxygen atoms in total. The average Bonchev–Trinajstić information content (AvgIpc) is 3.07. The Hall–Kier alpha value is -3.34. The summed E-state index contributed by atoms with van der Waals surface area (Å²) in [6.07, 6.45) is 0.616. The van der Waals surface area contributed by atoms with Crippen molar-refractivity contribution in [2.75, 3.05) is 0 Å². The molecule has 0 saturated carbocycles. The Morgan fingerprint density at radius 2 is 1.48 bits per heavy atom. The summed E-state index contributed by atoms with van der Waals surface area (Å²) in [4.78, 5) is 9.41. The quantitative estimate of drug-likeness (QED) is 0.469. The van der Waals surface area contributed by atoms with E-state index in [1.165, 1.54) is 24.3 Å². The molecule has 2 heterocycles. The highest BCUT2D eigenvalue weighted by Crippen LogP contribution is 2.37. The van der Waals surface area contributed by atoms with Crippen molar-refractivity contribution in [2.24, 2.45) is 4.99 Å². The maximum Gasteiger partial charge on any atom is 0.231 e. The van der Waals surface area contributed by atoms with E-state index in [0.717, 1.165) is 27.9 Å². The van der Waals surface area contributed by atoms with E-state index in [0.29, 0.717) is 12.4 Å². The predicted octanol–water partition coefficient (Wildman–Crippen LogP) is 5.43. The number of hydrogen-bond acceptors (Lipinski definition) is 2. The third-order valence-corrected chi connectivity index (χ3v) is 4.94. The number of para-hydroxylation sites is 2. The zero-order valence-electron chi connectivity index (χ0n) is 14.3. The molecule has 0 aliphatic carbocycles. The molecule has 1 aromatic heterocycles. The highest BCUT2D eigenvalue weighted by Gasteiger charge is 2.27. The van der Waals surface area contributed by atoms with Crippen molar-refractivity contribution in [2.45, 2.75) is 12.5 Å². The number of halogens is 2. The molecule has 0 spiro atoms. The Bertz CT molecular complexity index is 1160. The third kappa shape index (κ3) is 2.72.